The van der Waals surface area contributed by atoms with E-state index in [2.05, 4.69) is 6.92 Å². The number of hydrogen-bond acceptors (Lipinski definition) is 3. The van der Waals surface area contributed by atoms with Crippen molar-refractivity contribution >= 4 is 0 Å². The smallest absolute Gasteiger partial charge is 0.343 e. The molecule has 0 aliphatic heterocycles. The largest absolute Gasteiger partial charge is 0.416 e. The Kier molecular flexibility index (Phi) is 12.1. The summed E-state index contributed by atoms with van der Waals surface area (Å²) in [6, 6.07) is 5.24. The van der Waals surface area contributed by atoms with Crippen LogP contribution in [0.2, 0.25) is 0 Å². The SMILES string of the molecule is CCCCCCCCC(CCc1ccc(C(F)(F)F)cc1)C(O)(OC(C)C)OC(C)C. The molecule has 6 heteroatoms. The average Bonchev–Trinajstić information content (AvgIpc) is 2.65. The van der Waals surface area contributed by atoms with Crippen molar-refractivity contribution in [2.45, 2.75) is 117 Å². The summed E-state index contributed by atoms with van der Waals surface area (Å²) >= 11 is 0. The summed E-state index contributed by atoms with van der Waals surface area (Å²) in [5.41, 5.74) is 0.153. The summed E-state index contributed by atoms with van der Waals surface area (Å²) in [6.07, 6.45) is 3.90. The van der Waals surface area contributed by atoms with Gasteiger partial charge in [-0.25, -0.2) is 0 Å². The molecule has 0 aromatic heterocycles. The lowest BCUT2D eigenvalue weighted by Crippen LogP contribution is -2.47. The minimum Gasteiger partial charge on any atom is -0.343 e. The number of alkyl halides is 3. The van der Waals surface area contributed by atoms with Crippen molar-refractivity contribution in [3.8, 4) is 0 Å². The van der Waals surface area contributed by atoms with Gasteiger partial charge >= 0.3 is 6.18 Å². The van der Waals surface area contributed by atoms with Crippen LogP contribution in [0.15, 0.2) is 24.3 Å². The van der Waals surface area contributed by atoms with Gasteiger partial charge < -0.3 is 14.6 Å². The van der Waals surface area contributed by atoms with Crippen LogP contribution in [0.3, 0.4) is 0 Å². The zero-order chi connectivity index (χ0) is 23.5. The van der Waals surface area contributed by atoms with Gasteiger partial charge in [0.2, 0.25) is 0 Å². The summed E-state index contributed by atoms with van der Waals surface area (Å²) in [4.78, 5) is 0. The summed E-state index contributed by atoms with van der Waals surface area (Å²) in [5, 5.41) is 11.3. The molecule has 180 valence electrons. The van der Waals surface area contributed by atoms with Gasteiger partial charge in [-0.1, -0.05) is 57.6 Å². The molecule has 1 aromatic rings. The Morgan fingerprint density at radius 2 is 1.32 bits per heavy atom. The fourth-order valence-corrected chi connectivity index (χ4v) is 3.78. The number of benzene rings is 1. The lowest BCUT2D eigenvalue weighted by atomic mass is 9.91. The zero-order valence-corrected chi connectivity index (χ0v) is 19.8. The first kappa shape index (κ1) is 27.9. The highest BCUT2D eigenvalue weighted by Gasteiger charge is 2.40. The molecule has 0 amide bonds. The third-order valence-electron chi connectivity index (χ3n) is 5.29. The molecule has 0 saturated carbocycles. The molecule has 0 aliphatic carbocycles. The molecular formula is C25H41F3O3. The van der Waals surface area contributed by atoms with Crippen LogP contribution in [-0.2, 0) is 22.1 Å². The average molecular weight is 447 g/mol. The number of unbranched alkanes of at least 4 members (excludes halogenated alkanes) is 5. The first-order valence-corrected chi connectivity index (χ1v) is 11.7. The molecular weight excluding hydrogens is 405 g/mol. The molecule has 1 N–H and O–H groups in total. The van der Waals surface area contributed by atoms with Crippen LogP contribution >= 0.6 is 0 Å². The minimum absolute atomic E-state index is 0.220. The van der Waals surface area contributed by atoms with Gasteiger partial charge in [-0.05, 0) is 64.7 Å². The van der Waals surface area contributed by atoms with Crippen molar-refractivity contribution in [2.24, 2.45) is 5.92 Å². The Morgan fingerprint density at radius 3 is 1.81 bits per heavy atom. The van der Waals surface area contributed by atoms with Crippen LogP contribution in [0.5, 0.6) is 0 Å². The van der Waals surface area contributed by atoms with E-state index in [-0.39, 0.29) is 18.1 Å². The number of aliphatic hydroxyl groups is 1. The first-order chi connectivity index (χ1) is 14.5. The molecule has 0 aliphatic rings. The molecule has 0 bridgehead atoms. The van der Waals surface area contributed by atoms with Crippen molar-refractivity contribution in [1.29, 1.82) is 0 Å². The highest BCUT2D eigenvalue weighted by molar-refractivity contribution is 5.24. The van der Waals surface area contributed by atoms with E-state index in [0.29, 0.717) is 12.8 Å². The molecule has 1 atom stereocenters. The van der Waals surface area contributed by atoms with Crippen LogP contribution in [0.4, 0.5) is 13.2 Å². The monoisotopic (exact) mass is 446 g/mol. The number of halogens is 3. The van der Waals surface area contributed by atoms with Crippen LogP contribution in [0.25, 0.3) is 0 Å². The number of hydrogen-bond donors (Lipinski definition) is 1. The second kappa shape index (κ2) is 13.4. The minimum atomic E-state index is -4.34. The van der Waals surface area contributed by atoms with Crippen molar-refractivity contribution in [3.63, 3.8) is 0 Å². The van der Waals surface area contributed by atoms with Crippen molar-refractivity contribution in [2.75, 3.05) is 0 Å². The molecule has 0 radical (unpaired) electrons. The highest BCUT2D eigenvalue weighted by atomic mass is 19.4. The normalized spacial score (nSPS) is 13.9. The Morgan fingerprint density at radius 1 is 0.806 bits per heavy atom. The van der Waals surface area contributed by atoms with E-state index in [0.717, 1.165) is 43.4 Å². The van der Waals surface area contributed by atoms with Crippen LogP contribution in [0, 0.1) is 5.92 Å². The fraction of sp³-hybridized carbons (Fsp3) is 0.760. The van der Waals surface area contributed by atoms with Gasteiger partial charge in [0, 0.05) is 5.92 Å². The van der Waals surface area contributed by atoms with E-state index in [1.807, 2.05) is 27.7 Å². The second-order valence-corrected chi connectivity index (χ2v) is 8.95. The summed E-state index contributed by atoms with van der Waals surface area (Å²) in [7, 11) is 0. The Hall–Kier alpha value is -1.11. The lowest BCUT2D eigenvalue weighted by molar-refractivity contribution is -0.407. The second-order valence-electron chi connectivity index (χ2n) is 8.95. The van der Waals surface area contributed by atoms with Crippen LogP contribution < -0.4 is 0 Å². The Labute approximate surface area is 186 Å². The fourth-order valence-electron chi connectivity index (χ4n) is 3.78. The van der Waals surface area contributed by atoms with Crippen LogP contribution in [-0.4, -0.2) is 23.3 Å². The molecule has 1 rings (SSSR count). The molecule has 31 heavy (non-hydrogen) atoms. The molecule has 0 spiro atoms. The number of ether oxygens (including phenoxy) is 2. The van der Waals surface area contributed by atoms with E-state index in [4.69, 9.17) is 9.47 Å². The summed E-state index contributed by atoms with van der Waals surface area (Å²) < 4.78 is 50.1. The maximum atomic E-state index is 12.8. The predicted octanol–water partition coefficient (Wildman–Crippen LogP) is 7.50. The van der Waals surface area contributed by atoms with Gasteiger partial charge in [0.15, 0.2) is 0 Å². The van der Waals surface area contributed by atoms with Gasteiger partial charge in [-0.3, -0.25) is 0 Å². The molecule has 1 unspecified atom stereocenters. The van der Waals surface area contributed by atoms with E-state index >= 15 is 0 Å². The van der Waals surface area contributed by atoms with Gasteiger partial charge in [-0.2, -0.15) is 13.2 Å². The van der Waals surface area contributed by atoms with Crippen molar-refractivity contribution in [3.05, 3.63) is 35.4 Å². The number of rotatable bonds is 15. The van der Waals surface area contributed by atoms with E-state index in [9.17, 15) is 18.3 Å². The number of aryl methyl sites for hydroxylation is 1. The highest BCUT2D eigenvalue weighted by Crippen LogP contribution is 2.34. The molecule has 1 aromatic carbocycles. The summed E-state index contributed by atoms with van der Waals surface area (Å²) in [6.45, 7) is 9.60. The maximum absolute atomic E-state index is 12.8. The summed E-state index contributed by atoms with van der Waals surface area (Å²) in [5.74, 6) is -1.98. The lowest BCUT2D eigenvalue weighted by Gasteiger charge is -2.38. The quantitative estimate of drug-likeness (QED) is 0.224. The van der Waals surface area contributed by atoms with E-state index in [1.165, 1.54) is 31.4 Å². The maximum Gasteiger partial charge on any atom is 0.416 e. The van der Waals surface area contributed by atoms with Gasteiger partial charge in [0.05, 0.1) is 17.8 Å². The molecule has 0 saturated heterocycles. The van der Waals surface area contributed by atoms with Crippen molar-refractivity contribution in [1.82, 2.24) is 0 Å². The van der Waals surface area contributed by atoms with E-state index in [1.54, 1.807) is 0 Å². The predicted molar refractivity (Wildman–Crippen MR) is 119 cm³/mol. The molecule has 0 heterocycles. The van der Waals surface area contributed by atoms with Gasteiger partial charge in [0.25, 0.3) is 5.97 Å². The van der Waals surface area contributed by atoms with Gasteiger partial charge in [-0.15, -0.1) is 0 Å². The third-order valence-corrected chi connectivity index (χ3v) is 5.29. The van der Waals surface area contributed by atoms with E-state index < -0.39 is 17.7 Å². The topological polar surface area (TPSA) is 38.7 Å². The van der Waals surface area contributed by atoms with Crippen molar-refractivity contribution < 1.29 is 27.8 Å². The standard InChI is InChI=1S/C25H41F3O3/c1-6-7-8-9-10-11-12-23(25(29,30-19(2)3)31-20(4)5)18-15-21-13-16-22(17-14-21)24(26,27)28/h13-14,16-17,19-20,23,29H,6-12,15,18H2,1-5H3. The Balaban J connectivity index is 2.86. The Bertz CT molecular complexity index is 587. The third kappa shape index (κ3) is 10.8. The molecule has 3 nitrogen and oxygen atoms in total. The van der Waals surface area contributed by atoms with Crippen LogP contribution in [0.1, 0.15) is 97.1 Å². The van der Waals surface area contributed by atoms with Gasteiger partial charge in [0.1, 0.15) is 0 Å². The first-order valence-electron chi connectivity index (χ1n) is 11.7. The molecule has 0 fully saturated rings. The zero-order valence-electron chi connectivity index (χ0n) is 19.8.